The van der Waals surface area contributed by atoms with Gasteiger partial charge in [0.05, 0.1) is 19.1 Å². The number of carbonyl (C=O) groups excluding carboxylic acids is 1. The summed E-state index contributed by atoms with van der Waals surface area (Å²) in [6.45, 7) is 4.38. The van der Waals surface area contributed by atoms with Crippen molar-refractivity contribution in [2.24, 2.45) is 11.1 Å². The van der Waals surface area contributed by atoms with Crippen molar-refractivity contribution in [3.63, 3.8) is 0 Å². The molecule has 1 aromatic carbocycles. The molecule has 21 heavy (non-hydrogen) atoms. The summed E-state index contributed by atoms with van der Waals surface area (Å²) in [4.78, 5) is 12.5. The van der Waals surface area contributed by atoms with E-state index in [1.54, 1.807) is 19.2 Å². The van der Waals surface area contributed by atoms with E-state index in [0.29, 0.717) is 23.8 Å². The van der Waals surface area contributed by atoms with Crippen molar-refractivity contribution in [1.29, 1.82) is 0 Å². The number of hydrogen-bond donors (Lipinski definition) is 2. The summed E-state index contributed by atoms with van der Waals surface area (Å²) >= 11 is 0. The van der Waals surface area contributed by atoms with Gasteiger partial charge in [-0.3, -0.25) is 4.79 Å². The number of hydrogen-bond acceptors (Lipinski definition) is 4. The molecule has 1 amide bonds. The molecule has 1 aliphatic rings. The molecule has 0 aliphatic heterocycles. The molecule has 3 N–H and O–H groups in total. The Morgan fingerprint density at radius 1 is 1.48 bits per heavy atom. The first-order chi connectivity index (χ1) is 10.0. The third-order valence-electron chi connectivity index (χ3n) is 4.27. The third kappa shape index (κ3) is 3.13. The van der Waals surface area contributed by atoms with Crippen LogP contribution in [0.2, 0.25) is 0 Å². The largest absolute Gasteiger partial charge is 0.493 e. The van der Waals surface area contributed by atoms with Crippen molar-refractivity contribution in [3.05, 3.63) is 18.2 Å². The van der Waals surface area contributed by atoms with E-state index >= 15 is 0 Å². The van der Waals surface area contributed by atoms with Crippen LogP contribution in [-0.2, 0) is 4.79 Å². The maximum Gasteiger partial charge on any atom is 0.231 e. The molecule has 2 rings (SSSR count). The second kappa shape index (κ2) is 6.35. The fraction of sp³-hybridized carbons (Fsp3) is 0.562. The summed E-state index contributed by atoms with van der Waals surface area (Å²) in [5.74, 6) is 1.25. The number of anilines is 1. The van der Waals surface area contributed by atoms with Crippen molar-refractivity contribution < 1.29 is 14.3 Å². The lowest BCUT2D eigenvalue weighted by Crippen LogP contribution is -2.44. The minimum Gasteiger partial charge on any atom is -0.493 e. The number of nitrogens with one attached hydrogen (secondary N) is 1. The highest BCUT2D eigenvalue weighted by molar-refractivity contribution is 5.96. The van der Waals surface area contributed by atoms with Crippen LogP contribution in [0.25, 0.3) is 0 Å². The Balaban J connectivity index is 2.16. The van der Waals surface area contributed by atoms with Crippen LogP contribution in [0.4, 0.5) is 5.69 Å². The smallest absolute Gasteiger partial charge is 0.231 e. The van der Waals surface area contributed by atoms with Gasteiger partial charge >= 0.3 is 0 Å². The number of benzene rings is 1. The lowest BCUT2D eigenvalue weighted by atomic mass is 9.84. The molecule has 2 unspecified atom stereocenters. The van der Waals surface area contributed by atoms with Crippen LogP contribution in [0.15, 0.2) is 18.2 Å². The van der Waals surface area contributed by atoms with Crippen LogP contribution in [0.5, 0.6) is 11.5 Å². The van der Waals surface area contributed by atoms with E-state index in [2.05, 4.69) is 5.32 Å². The van der Waals surface area contributed by atoms with Gasteiger partial charge in [-0.15, -0.1) is 0 Å². The van der Waals surface area contributed by atoms with Gasteiger partial charge in [-0.25, -0.2) is 0 Å². The van der Waals surface area contributed by atoms with Gasteiger partial charge in [-0.05, 0) is 38.8 Å². The number of ether oxygens (including phenoxy) is 2. The first kappa shape index (κ1) is 15.6. The van der Waals surface area contributed by atoms with E-state index in [1.807, 2.05) is 19.9 Å². The van der Waals surface area contributed by atoms with Crippen molar-refractivity contribution >= 4 is 11.6 Å². The third-order valence-corrected chi connectivity index (χ3v) is 4.27. The predicted molar refractivity (Wildman–Crippen MR) is 82.7 cm³/mol. The maximum atomic E-state index is 12.5. The molecule has 0 spiro atoms. The fourth-order valence-electron chi connectivity index (χ4n) is 2.77. The highest BCUT2D eigenvalue weighted by atomic mass is 16.5. The molecular weight excluding hydrogens is 268 g/mol. The van der Waals surface area contributed by atoms with Crippen molar-refractivity contribution in [3.8, 4) is 11.5 Å². The van der Waals surface area contributed by atoms with Crippen molar-refractivity contribution in [2.75, 3.05) is 19.0 Å². The summed E-state index contributed by atoms with van der Waals surface area (Å²) in [5.41, 5.74) is 6.29. The molecule has 116 valence electrons. The number of carbonyl (C=O) groups is 1. The lowest BCUT2D eigenvalue weighted by molar-refractivity contribution is -0.125. The molecule has 2 atom stereocenters. The summed E-state index contributed by atoms with van der Waals surface area (Å²) in [6.07, 6.45) is 2.73. The van der Waals surface area contributed by atoms with Gasteiger partial charge in [0.25, 0.3) is 0 Å². The van der Waals surface area contributed by atoms with Gasteiger partial charge in [0, 0.05) is 17.8 Å². The molecular formula is C16H24N2O3. The standard InChI is InChI=1S/C16H24N2O3/c1-4-21-13-10-11(7-8-12(13)20-3)18-15(19)16(2)9-5-6-14(16)17/h7-8,10,14H,4-6,9,17H2,1-3H3,(H,18,19). The topological polar surface area (TPSA) is 73.6 Å². The van der Waals surface area contributed by atoms with Gasteiger partial charge in [-0.2, -0.15) is 0 Å². The first-order valence-corrected chi connectivity index (χ1v) is 7.39. The van der Waals surface area contributed by atoms with Crippen LogP contribution in [0.3, 0.4) is 0 Å². The quantitative estimate of drug-likeness (QED) is 0.874. The van der Waals surface area contributed by atoms with Crippen molar-refractivity contribution in [1.82, 2.24) is 0 Å². The monoisotopic (exact) mass is 292 g/mol. The maximum absolute atomic E-state index is 12.5. The van der Waals surface area contributed by atoms with E-state index in [1.165, 1.54) is 0 Å². The Morgan fingerprint density at radius 2 is 2.24 bits per heavy atom. The second-order valence-electron chi connectivity index (χ2n) is 5.67. The van der Waals surface area contributed by atoms with E-state index < -0.39 is 5.41 Å². The minimum absolute atomic E-state index is 0.0277. The SMILES string of the molecule is CCOc1cc(NC(=O)C2(C)CCCC2N)ccc1OC. The minimum atomic E-state index is -0.494. The summed E-state index contributed by atoms with van der Waals surface area (Å²) in [5, 5.41) is 2.95. The molecule has 0 radical (unpaired) electrons. The molecule has 0 aromatic heterocycles. The molecule has 1 aromatic rings. The van der Waals surface area contributed by atoms with E-state index in [4.69, 9.17) is 15.2 Å². The van der Waals surface area contributed by atoms with Gasteiger partial charge in [0.2, 0.25) is 5.91 Å². The number of nitrogens with two attached hydrogens (primary N) is 1. The zero-order valence-corrected chi connectivity index (χ0v) is 12.9. The van der Waals surface area contributed by atoms with Crippen LogP contribution in [0, 0.1) is 5.41 Å². The van der Waals surface area contributed by atoms with E-state index in [0.717, 1.165) is 19.3 Å². The van der Waals surface area contributed by atoms with Gasteiger partial charge in [0.1, 0.15) is 0 Å². The highest BCUT2D eigenvalue weighted by Crippen LogP contribution is 2.38. The molecule has 1 saturated carbocycles. The predicted octanol–water partition coefficient (Wildman–Crippen LogP) is 2.55. The molecule has 0 bridgehead atoms. The number of methoxy groups -OCH3 is 1. The first-order valence-electron chi connectivity index (χ1n) is 7.39. The molecule has 5 nitrogen and oxygen atoms in total. The van der Waals surface area contributed by atoms with Gasteiger partial charge in [0.15, 0.2) is 11.5 Å². The molecule has 1 fully saturated rings. The lowest BCUT2D eigenvalue weighted by Gasteiger charge is -2.27. The second-order valence-corrected chi connectivity index (χ2v) is 5.67. The van der Waals surface area contributed by atoms with Gasteiger partial charge in [-0.1, -0.05) is 6.42 Å². The molecule has 5 heteroatoms. The normalized spacial score (nSPS) is 24.7. The van der Waals surface area contributed by atoms with Crippen LogP contribution in [0.1, 0.15) is 33.1 Å². The Hall–Kier alpha value is -1.75. The van der Waals surface area contributed by atoms with Crippen LogP contribution in [-0.4, -0.2) is 25.7 Å². The summed E-state index contributed by atoms with van der Waals surface area (Å²) in [6, 6.07) is 5.30. The Morgan fingerprint density at radius 3 is 2.81 bits per heavy atom. The zero-order valence-electron chi connectivity index (χ0n) is 12.9. The molecule has 1 aliphatic carbocycles. The average molecular weight is 292 g/mol. The number of rotatable bonds is 5. The van der Waals surface area contributed by atoms with E-state index in [9.17, 15) is 4.79 Å². The van der Waals surface area contributed by atoms with Crippen LogP contribution < -0.4 is 20.5 Å². The fourth-order valence-corrected chi connectivity index (χ4v) is 2.77. The summed E-state index contributed by atoms with van der Waals surface area (Å²) in [7, 11) is 1.59. The van der Waals surface area contributed by atoms with Crippen LogP contribution >= 0.6 is 0 Å². The van der Waals surface area contributed by atoms with Crippen molar-refractivity contribution in [2.45, 2.75) is 39.2 Å². The molecule has 0 heterocycles. The highest BCUT2D eigenvalue weighted by Gasteiger charge is 2.42. The summed E-state index contributed by atoms with van der Waals surface area (Å²) < 4.78 is 10.8. The molecule has 0 saturated heterocycles. The van der Waals surface area contributed by atoms with E-state index in [-0.39, 0.29) is 11.9 Å². The average Bonchev–Trinajstić information content (AvgIpc) is 2.81. The Kier molecular flexibility index (Phi) is 4.73. The van der Waals surface area contributed by atoms with Gasteiger partial charge < -0.3 is 20.5 Å². The zero-order chi connectivity index (χ0) is 15.5. The Bertz CT molecular complexity index is 518. The Labute approximate surface area is 125 Å². The number of amides is 1.